The van der Waals surface area contributed by atoms with Crippen molar-refractivity contribution in [3.8, 4) is 11.3 Å². The van der Waals surface area contributed by atoms with E-state index in [9.17, 15) is 9.50 Å². The zero-order chi connectivity index (χ0) is 20.4. The maximum atomic E-state index is 13.4. The average molecular weight is 476 g/mol. The lowest BCUT2D eigenvalue weighted by Crippen LogP contribution is -2.30. The molecule has 1 aromatic carbocycles. The van der Waals surface area contributed by atoms with Gasteiger partial charge in [-0.2, -0.15) is 0 Å². The van der Waals surface area contributed by atoms with Crippen molar-refractivity contribution < 1.29 is 13.9 Å². The molecule has 1 saturated heterocycles. The van der Waals surface area contributed by atoms with E-state index in [4.69, 9.17) is 16.6 Å². The number of aromatic nitrogens is 1. The molecule has 0 aliphatic carbocycles. The third kappa shape index (κ3) is 4.05. The summed E-state index contributed by atoms with van der Waals surface area (Å²) in [6.45, 7) is 0.665. The van der Waals surface area contributed by atoms with E-state index >= 15 is 0 Å². The van der Waals surface area contributed by atoms with Crippen molar-refractivity contribution in [2.24, 2.45) is 0 Å². The molecule has 2 aromatic heterocycles. The Hall–Kier alpha value is -2.29. The lowest BCUT2D eigenvalue weighted by Gasteiger charge is -2.25. The summed E-state index contributed by atoms with van der Waals surface area (Å²) in [7, 11) is 0. The summed E-state index contributed by atoms with van der Waals surface area (Å²) in [6.07, 6.45) is 2.33. The summed E-state index contributed by atoms with van der Waals surface area (Å²) in [4.78, 5) is 6.51. The molecule has 29 heavy (non-hydrogen) atoms. The second-order valence-electron chi connectivity index (χ2n) is 6.72. The predicted octanol–water partition coefficient (Wildman–Crippen LogP) is 4.60. The Kier molecular flexibility index (Phi) is 5.94. The lowest BCUT2D eigenvalue weighted by molar-refractivity contribution is 0.233. The highest BCUT2D eigenvalue weighted by Gasteiger charge is 2.41. The third-order valence-corrected chi connectivity index (χ3v) is 5.88. The van der Waals surface area contributed by atoms with Crippen molar-refractivity contribution in [3.63, 3.8) is 0 Å². The van der Waals surface area contributed by atoms with Gasteiger partial charge in [-0.15, -0.1) is 0 Å². The van der Waals surface area contributed by atoms with E-state index in [1.54, 1.807) is 12.3 Å². The molecule has 2 unspecified atom stereocenters. The Morgan fingerprint density at radius 3 is 2.83 bits per heavy atom. The standard InChI is InChI=1S/C21H19BrFN3O2S/c22-15-12-13(23)5-6-14(15)17-7-8-18(28-17)20-19(16-4-1-2-9-24-16)25-21(29)26(20)10-3-11-27/h1-2,4-9,12,19-20,27H,3,10-11H2,(H,25,29). The quantitative estimate of drug-likeness (QED) is 0.508. The van der Waals surface area contributed by atoms with Crippen molar-refractivity contribution in [3.05, 3.63) is 76.5 Å². The number of hydrogen-bond acceptors (Lipinski definition) is 4. The van der Waals surface area contributed by atoms with Crippen LogP contribution in [0.5, 0.6) is 0 Å². The number of thiocarbonyl (C=S) groups is 1. The first-order chi connectivity index (χ1) is 14.1. The molecule has 0 radical (unpaired) electrons. The van der Waals surface area contributed by atoms with Crippen molar-refractivity contribution >= 4 is 33.3 Å². The van der Waals surface area contributed by atoms with Crippen LogP contribution in [0, 0.1) is 5.82 Å². The number of nitrogens with zero attached hydrogens (tertiary/aromatic N) is 2. The predicted molar refractivity (Wildman–Crippen MR) is 116 cm³/mol. The highest BCUT2D eigenvalue weighted by atomic mass is 79.9. The summed E-state index contributed by atoms with van der Waals surface area (Å²) >= 11 is 8.96. The molecule has 5 nitrogen and oxygen atoms in total. The first kappa shape index (κ1) is 20.0. The molecule has 0 spiro atoms. The highest BCUT2D eigenvalue weighted by molar-refractivity contribution is 9.10. The summed E-state index contributed by atoms with van der Waals surface area (Å²) in [5, 5.41) is 13.2. The van der Waals surface area contributed by atoms with Crippen molar-refractivity contribution in [2.45, 2.75) is 18.5 Å². The van der Waals surface area contributed by atoms with E-state index in [0.717, 1.165) is 17.0 Å². The number of aliphatic hydroxyl groups is 1. The van der Waals surface area contributed by atoms with Gasteiger partial charge < -0.3 is 19.7 Å². The minimum atomic E-state index is -0.317. The first-order valence-electron chi connectivity index (χ1n) is 9.22. The lowest BCUT2D eigenvalue weighted by atomic mass is 10.0. The van der Waals surface area contributed by atoms with Crippen LogP contribution >= 0.6 is 28.1 Å². The van der Waals surface area contributed by atoms with Gasteiger partial charge in [0.1, 0.15) is 23.4 Å². The van der Waals surface area contributed by atoms with Gasteiger partial charge in [-0.1, -0.05) is 6.07 Å². The Bertz CT molecular complexity index is 1010. The largest absolute Gasteiger partial charge is 0.459 e. The van der Waals surface area contributed by atoms with Crippen molar-refractivity contribution in [1.82, 2.24) is 15.2 Å². The fraction of sp³-hybridized carbons (Fsp3) is 0.238. The third-order valence-electron chi connectivity index (χ3n) is 4.87. The number of pyridine rings is 1. The second-order valence-corrected chi connectivity index (χ2v) is 7.96. The van der Waals surface area contributed by atoms with Gasteiger partial charge in [-0.3, -0.25) is 4.98 Å². The summed E-state index contributed by atoms with van der Waals surface area (Å²) in [5.74, 6) is 1.03. The number of benzene rings is 1. The zero-order valence-corrected chi connectivity index (χ0v) is 17.8. The van der Waals surface area contributed by atoms with E-state index in [2.05, 4.69) is 26.2 Å². The van der Waals surface area contributed by atoms with Crippen LogP contribution in [0.1, 0.15) is 30.0 Å². The molecule has 0 bridgehead atoms. The number of halogens is 2. The minimum Gasteiger partial charge on any atom is -0.459 e. The number of hydrogen-bond donors (Lipinski definition) is 2. The molecule has 1 aliphatic heterocycles. The molecule has 1 aliphatic rings. The summed E-state index contributed by atoms with van der Waals surface area (Å²) < 4.78 is 20.3. The molecule has 2 N–H and O–H groups in total. The molecule has 4 rings (SSSR count). The van der Waals surface area contributed by atoms with Gasteiger partial charge in [-0.05, 0) is 77.0 Å². The van der Waals surface area contributed by atoms with Crippen LogP contribution in [-0.4, -0.2) is 33.3 Å². The zero-order valence-electron chi connectivity index (χ0n) is 15.4. The molecule has 2 atom stereocenters. The number of aliphatic hydroxyl groups excluding tert-OH is 1. The molecule has 150 valence electrons. The summed E-state index contributed by atoms with van der Waals surface area (Å²) in [5.41, 5.74) is 1.62. The SMILES string of the molecule is OCCCN1C(=S)NC(c2ccccn2)C1c1ccc(-c2ccc(F)cc2Br)o1. The van der Waals surface area contributed by atoms with Crippen LogP contribution < -0.4 is 5.32 Å². The molecule has 0 amide bonds. The van der Waals surface area contributed by atoms with Gasteiger partial charge in [0.05, 0.1) is 11.7 Å². The first-order valence-corrected chi connectivity index (χ1v) is 10.4. The van der Waals surface area contributed by atoms with Gasteiger partial charge in [0.25, 0.3) is 0 Å². The second kappa shape index (κ2) is 8.61. The smallest absolute Gasteiger partial charge is 0.170 e. The number of furan rings is 1. The Labute approximate surface area is 181 Å². The number of rotatable bonds is 6. The monoisotopic (exact) mass is 475 g/mol. The molecule has 3 aromatic rings. The molecule has 8 heteroatoms. The van der Waals surface area contributed by atoms with E-state index in [0.29, 0.717) is 28.3 Å². The van der Waals surface area contributed by atoms with Gasteiger partial charge >= 0.3 is 0 Å². The van der Waals surface area contributed by atoms with Gasteiger partial charge in [0.15, 0.2) is 5.11 Å². The maximum absolute atomic E-state index is 13.4. The minimum absolute atomic E-state index is 0.0754. The van der Waals surface area contributed by atoms with Gasteiger partial charge in [-0.25, -0.2) is 4.39 Å². The number of nitrogens with one attached hydrogen (secondary N) is 1. The topological polar surface area (TPSA) is 61.5 Å². The van der Waals surface area contributed by atoms with Gasteiger partial charge in [0.2, 0.25) is 0 Å². The van der Waals surface area contributed by atoms with Gasteiger partial charge in [0, 0.05) is 29.4 Å². The highest BCUT2D eigenvalue weighted by Crippen LogP contribution is 2.41. The molecule has 1 fully saturated rings. The van der Waals surface area contributed by atoms with Crippen LogP contribution in [0.4, 0.5) is 4.39 Å². The fourth-order valence-corrected chi connectivity index (χ4v) is 4.42. The Balaban J connectivity index is 1.72. The van der Waals surface area contributed by atoms with E-state index < -0.39 is 0 Å². The van der Waals surface area contributed by atoms with Crippen LogP contribution in [0.15, 0.2) is 63.6 Å². The average Bonchev–Trinajstić information content (AvgIpc) is 3.31. The normalized spacial score (nSPS) is 18.9. The molecular weight excluding hydrogens is 457 g/mol. The van der Waals surface area contributed by atoms with E-state index in [1.807, 2.05) is 35.2 Å². The molecule has 3 heterocycles. The van der Waals surface area contributed by atoms with Crippen LogP contribution in [0.3, 0.4) is 0 Å². The van der Waals surface area contributed by atoms with Crippen LogP contribution in [0.25, 0.3) is 11.3 Å². The maximum Gasteiger partial charge on any atom is 0.170 e. The van der Waals surface area contributed by atoms with Crippen molar-refractivity contribution in [1.29, 1.82) is 0 Å². The fourth-order valence-electron chi connectivity index (χ4n) is 3.54. The Morgan fingerprint density at radius 2 is 2.10 bits per heavy atom. The van der Waals surface area contributed by atoms with Crippen LogP contribution in [-0.2, 0) is 0 Å². The Morgan fingerprint density at radius 1 is 1.24 bits per heavy atom. The van der Waals surface area contributed by atoms with Crippen molar-refractivity contribution in [2.75, 3.05) is 13.2 Å². The molecular formula is C21H19BrFN3O2S. The summed E-state index contributed by atoms with van der Waals surface area (Å²) in [6, 6.07) is 13.6. The van der Waals surface area contributed by atoms with Crippen LogP contribution in [0.2, 0.25) is 0 Å². The molecule has 0 saturated carbocycles. The van der Waals surface area contributed by atoms with E-state index in [1.165, 1.54) is 12.1 Å². The van der Waals surface area contributed by atoms with E-state index in [-0.39, 0.29) is 24.5 Å².